The largest absolute Gasteiger partial charge is 0.497 e. The summed E-state index contributed by atoms with van der Waals surface area (Å²) in [6.07, 6.45) is 1.51. The lowest BCUT2D eigenvalue weighted by Gasteiger charge is -2.07. The normalized spacial score (nSPS) is 10.4. The fourth-order valence-corrected chi connectivity index (χ4v) is 1.91. The van der Waals surface area contributed by atoms with Crippen molar-refractivity contribution < 1.29 is 19.0 Å². The molecule has 0 atom stereocenters. The Morgan fingerprint density at radius 2 is 1.74 bits per heavy atom. The van der Waals surface area contributed by atoms with Crippen LogP contribution < -0.4 is 19.6 Å². The standard InChI is InChI=1S/C17H18N2O4/c1-21-14-6-4-5-12(9-14)17(20)19-18-11-13-7-8-15(22-2)10-16(13)23-3/h4-11H,1-3H3,(H,19,20)/b18-11-. The van der Waals surface area contributed by atoms with E-state index in [1.165, 1.54) is 6.21 Å². The third kappa shape index (κ3) is 4.23. The van der Waals surface area contributed by atoms with E-state index in [0.29, 0.717) is 22.8 Å². The van der Waals surface area contributed by atoms with E-state index in [1.54, 1.807) is 63.8 Å². The monoisotopic (exact) mass is 314 g/mol. The van der Waals surface area contributed by atoms with Crippen LogP contribution in [0.5, 0.6) is 17.2 Å². The van der Waals surface area contributed by atoms with Gasteiger partial charge in [-0.2, -0.15) is 5.10 Å². The average Bonchev–Trinajstić information content (AvgIpc) is 2.61. The molecule has 0 radical (unpaired) electrons. The third-order valence-electron chi connectivity index (χ3n) is 3.14. The van der Waals surface area contributed by atoms with Gasteiger partial charge in [0.1, 0.15) is 17.2 Å². The molecule has 6 nitrogen and oxygen atoms in total. The number of benzene rings is 2. The summed E-state index contributed by atoms with van der Waals surface area (Å²) in [7, 11) is 4.68. The van der Waals surface area contributed by atoms with Crippen molar-refractivity contribution >= 4 is 12.1 Å². The van der Waals surface area contributed by atoms with Gasteiger partial charge < -0.3 is 14.2 Å². The molecule has 0 spiro atoms. The second-order valence-electron chi connectivity index (χ2n) is 4.54. The van der Waals surface area contributed by atoms with Gasteiger partial charge in [0.2, 0.25) is 0 Å². The molecule has 0 heterocycles. The molecule has 0 saturated heterocycles. The highest BCUT2D eigenvalue weighted by Gasteiger charge is 2.06. The highest BCUT2D eigenvalue weighted by atomic mass is 16.5. The van der Waals surface area contributed by atoms with Gasteiger partial charge in [-0.3, -0.25) is 4.79 Å². The van der Waals surface area contributed by atoms with Crippen LogP contribution in [0.15, 0.2) is 47.6 Å². The van der Waals surface area contributed by atoms with E-state index < -0.39 is 0 Å². The number of hydrogen-bond donors (Lipinski definition) is 1. The van der Waals surface area contributed by atoms with Crippen LogP contribution in [0.1, 0.15) is 15.9 Å². The minimum atomic E-state index is -0.326. The van der Waals surface area contributed by atoms with Crippen molar-refractivity contribution in [3.8, 4) is 17.2 Å². The summed E-state index contributed by atoms with van der Waals surface area (Å²) in [6.45, 7) is 0. The molecule has 2 aromatic carbocycles. The minimum absolute atomic E-state index is 0.326. The van der Waals surface area contributed by atoms with Crippen molar-refractivity contribution in [1.82, 2.24) is 5.43 Å². The van der Waals surface area contributed by atoms with Crippen LogP contribution >= 0.6 is 0 Å². The average molecular weight is 314 g/mol. The molecule has 6 heteroatoms. The summed E-state index contributed by atoms with van der Waals surface area (Å²) < 4.78 is 15.5. The van der Waals surface area contributed by atoms with Gasteiger partial charge in [0, 0.05) is 17.2 Å². The van der Waals surface area contributed by atoms with Crippen molar-refractivity contribution in [2.24, 2.45) is 5.10 Å². The summed E-state index contributed by atoms with van der Waals surface area (Å²) in [6, 6.07) is 12.1. The fourth-order valence-electron chi connectivity index (χ4n) is 1.91. The summed E-state index contributed by atoms with van der Waals surface area (Å²) in [4.78, 5) is 12.0. The first-order valence-electron chi connectivity index (χ1n) is 6.87. The second kappa shape index (κ2) is 7.84. The lowest BCUT2D eigenvalue weighted by Crippen LogP contribution is -2.17. The molecule has 1 amide bonds. The lowest BCUT2D eigenvalue weighted by atomic mass is 10.2. The first-order chi connectivity index (χ1) is 11.2. The summed E-state index contributed by atoms with van der Waals surface area (Å²) >= 11 is 0. The van der Waals surface area contributed by atoms with Gasteiger partial charge in [0.25, 0.3) is 5.91 Å². The van der Waals surface area contributed by atoms with Crippen molar-refractivity contribution in [3.05, 3.63) is 53.6 Å². The molecule has 0 aliphatic rings. The number of carbonyl (C=O) groups excluding carboxylic acids is 1. The number of hydrogen-bond acceptors (Lipinski definition) is 5. The van der Waals surface area contributed by atoms with Gasteiger partial charge in [-0.05, 0) is 30.3 Å². The third-order valence-corrected chi connectivity index (χ3v) is 3.14. The molecule has 120 valence electrons. The Kier molecular flexibility index (Phi) is 5.57. The van der Waals surface area contributed by atoms with Crippen LogP contribution in [0.2, 0.25) is 0 Å². The highest BCUT2D eigenvalue weighted by Crippen LogP contribution is 2.23. The van der Waals surface area contributed by atoms with E-state index in [-0.39, 0.29) is 5.91 Å². The maximum absolute atomic E-state index is 12.0. The number of rotatable bonds is 6. The van der Waals surface area contributed by atoms with Crippen molar-refractivity contribution in [1.29, 1.82) is 0 Å². The quantitative estimate of drug-likeness (QED) is 0.657. The van der Waals surface area contributed by atoms with Gasteiger partial charge in [-0.1, -0.05) is 6.07 Å². The van der Waals surface area contributed by atoms with Crippen LogP contribution in [-0.4, -0.2) is 33.5 Å². The maximum Gasteiger partial charge on any atom is 0.271 e. The number of methoxy groups -OCH3 is 3. The zero-order chi connectivity index (χ0) is 16.7. The molecule has 0 aliphatic carbocycles. The first kappa shape index (κ1) is 16.4. The summed E-state index contributed by atoms with van der Waals surface area (Å²) in [5.41, 5.74) is 3.65. The molecular formula is C17H18N2O4. The van der Waals surface area contributed by atoms with Crippen molar-refractivity contribution in [2.75, 3.05) is 21.3 Å². The van der Waals surface area contributed by atoms with E-state index >= 15 is 0 Å². The molecular weight excluding hydrogens is 296 g/mol. The molecule has 2 aromatic rings. The zero-order valence-electron chi connectivity index (χ0n) is 13.2. The molecule has 0 bridgehead atoms. The maximum atomic E-state index is 12.0. The predicted molar refractivity (Wildman–Crippen MR) is 87.6 cm³/mol. The minimum Gasteiger partial charge on any atom is -0.497 e. The van der Waals surface area contributed by atoms with E-state index in [2.05, 4.69) is 10.5 Å². The van der Waals surface area contributed by atoms with E-state index in [4.69, 9.17) is 14.2 Å². The van der Waals surface area contributed by atoms with Crippen molar-refractivity contribution in [2.45, 2.75) is 0 Å². The first-order valence-corrected chi connectivity index (χ1v) is 6.87. The Morgan fingerprint density at radius 3 is 2.43 bits per heavy atom. The number of amides is 1. The van der Waals surface area contributed by atoms with Crippen LogP contribution in [-0.2, 0) is 0 Å². The summed E-state index contributed by atoms with van der Waals surface area (Å²) in [5.74, 6) is 1.56. The molecule has 0 unspecified atom stereocenters. The van der Waals surface area contributed by atoms with Crippen LogP contribution in [0, 0.1) is 0 Å². The highest BCUT2D eigenvalue weighted by molar-refractivity contribution is 5.95. The smallest absolute Gasteiger partial charge is 0.271 e. The van der Waals surface area contributed by atoms with Gasteiger partial charge >= 0.3 is 0 Å². The molecule has 0 aliphatic heterocycles. The Balaban J connectivity index is 2.07. The van der Waals surface area contributed by atoms with E-state index in [0.717, 1.165) is 5.56 Å². The zero-order valence-corrected chi connectivity index (χ0v) is 13.2. The Morgan fingerprint density at radius 1 is 1.00 bits per heavy atom. The molecule has 23 heavy (non-hydrogen) atoms. The fraction of sp³-hybridized carbons (Fsp3) is 0.176. The number of nitrogens with one attached hydrogen (secondary N) is 1. The lowest BCUT2D eigenvalue weighted by molar-refractivity contribution is 0.0955. The number of ether oxygens (including phenoxy) is 3. The van der Waals surface area contributed by atoms with Gasteiger partial charge in [-0.25, -0.2) is 5.43 Å². The molecule has 0 saturated carbocycles. The van der Waals surface area contributed by atoms with E-state index in [1.807, 2.05) is 0 Å². The van der Waals surface area contributed by atoms with Crippen LogP contribution in [0.4, 0.5) is 0 Å². The molecule has 2 rings (SSSR count). The van der Waals surface area contributed by atoms with Crippen LogP contribution in [0.3, 0.4) is 0 Å². The molecule has 0 aromatic heterocycles. The Labute approximate surface area is 134 Å². The van der Waals surface area contributed by atoms with Crippen LogP contribution in [0.25, 0.3) is 0 Å². The number of nitrogens with zero attached hydrogens (tertiary/aromatic N) is 1. The topological polar surface area (TPSA) is 69.2 Å². The number of hydrazone groups is 1. The summed E-state index contributed by atoms with van der Waals surface area (Å²) in [5, 5.41) is 3.95. The van der Waals surface area contributed by atoms with Gasteiger partial charge in [-0.15, -0.1) is 0 Å². The second-order valence-corrected chi connectivity index (χ2v) is 4.54. The Bertz CT molecular complexity index is 713. The predicted octanol–water partition coefficient (Wildman–Crippen LogP) is 2.48. The molecule has 1 N–H and O–H groups in total. The van der Waals surface area contributed by atoms with E-state index in [9.17, 15) is 4.79 Å². The number of carbonyl (C=O) groups is 1. The SMILES string of the molecule is COc1cccc(C(=O)N/N=C\c2ccc(OC)cc2OC)c1. The molecule has 0 fully saturated rings. The van der Waals surface area contributed by atoms with Crippen molar-refractivity contribution in [3.63, 3.8) is 0 Å². The Hall–Kier alpha value is -3.02. The van der Waals surface area contributed by atoms with Gasteiger partial charge in [0.05, 0.1) is 27.5 Å². The van der Waals surface area contributed by atoms with Gasteiger partial charge in [0.15, 0.2) is 0 Å².